The zero-order valence-electron chi connectivity index (χ0n) is 16.6. The third-order valence-electron chi connectivity index (χ3n) is 4.01. The van der Waals surface area contributed by atoms with Crippen molar-refractivity contribution < 1.29 is 23.5 Å². The van der Waals surface area contributed by atoms with Gasteiger partial charge in [-0.15, -0.1) is 0 Å². The normalized spacial score (nSPS) is 12.5. The molecule has 27 heavy (non-hydrogen) atoms. The average molecular weight is 374 g/mol. The second-order valence-corrected chi connectivity index (χ2v) is 7.70. The number of carbonyl (C=O) groups excluding carboxylic acids is 3. The Morgan fingerprint density at radius 3 is 2.41 bits per heavy atom. The monoisotopic (exact) mass is 374 g/mol. The van der Waals surface area contributed by atoms with Crippen LogP contribution in [-0.2, 0) is 20.7 Å². The van der Waals surface area contributed by atoms with E-state index in [4.69, 9.17) is 9.15 Å². The number of carbonyl (C=O) groups is 3. The van der Waals surface area contributed by atoms with Gasteiger partial charge in [0.1, 0.15) is 5.58 Å². The molecule has 2 rings (SSSR count). The van der Waals surface area contributed by atoms with Crippen molar-refractivity contribution in [1.82, 2.24) is 10.6 Å². The molecule has 0 saturated heterocycles. The van der Waals surface area contributed by atoms with Crippen molar-refractivity contribution in [3.63, 3.8) is 0 Å². The number of furan rings is 1. The van der Waals surface area contributed by atoms with Crippen molar-refractivity contribution in [3.8, 4) is 0 Å². The van der Waals surface area contributed by atoms with Crippen molar-refractivity contribution in [1.29, 1.82) is 0 Å². The van der Waals surface area contributed by atoms with Crippen molar-refractivity contribution in [3.05, 3.63) is 35.1 Å². The predicted octanol–water partition coefficient (Wildman–Crippen LogP) is 3.15. The first-order chi connectivity index (χ1) is 12.5. The number of fused-ring (bicyclic) bond motifs is 1. The Hall–Kier alpha value is -2.83. The number of benzene rings is 1. The number of nitrogens with one attached hydrogen (secondary N) is 2. The molecule has 146 valence electrons. The summed E-state index contributed by atoms with van der Waals surface area (Å²) >= 11 is 0. The highest BCUT2D eigenvalue weighted by molar-refractivity contribution is 5.97. The van der Waals surface area contributed by atoms with Crippen molar-refractivity contribution >= 4 is 28.9 Å². The van der Waals surface area contributed by atoms with Crippen LogP contribution >= 0.6 is 0 Å². The number of hydrogen-bond acceptors (Lipinski definition) is 5. The molecule has 3 amide bonds. The molecular formula is C20H26N2O5. The minimum absolute atomic E-state index is 0.0265. The Balaban J connectivity index is 1.96. The lowest BCUT2D eigenvalue weighted by molar-refractivity contribution is -0.153. The molecule has 0 aliphatic heterocycles. The topological polar surface area (TPSA) is 97.6 Å². The van der Waals surface area contributed by atoms with Crippen LogP contribution in [0.2, 0.25) is 0 Å². The maximum absolute atomic E-state index is 12.2. The maximum Gasteiger partial charge on any atom is 0.321 e. The van der Waals surface area contributed by atoms with Crippen LogP contribution in [0.25, 0.3) is 11.0 Å². The zero-order chi connectivity index (χ0) is 20.4. The van der Waals surface area contributed by atoms with Gasteiger partial charge in [-0.05, 0) is 64.8 Å². The minimum Gasteiger partial charge on any atom is -0.464 e. The van der Waals surface area contributed by atoms with Gasteiger partial charge in [0.25, 0.3) is 5.91 Å². The fourth-order valence-corrected chi connectivity index (χ4v) is 2.51. The van der Waals surface area contributed by atoms with E-state index < -0.39 is 29.6 Å². The Morgan fingerprint density at radius 2 is 1.78 bits per heavy atom. The quantitative estimate of drug-likeness (QED) is 0.801. The summed E-state index contributed by atoms with van der Waals surface area (Å²) in [5.41, 5.74) is 3.10. The summed E-state index contributed by atoms with van der Waals surface area (Å²) in [5.74, 6) is -1.26. The molecule has 1 aromatic carbocycles. The average Bonchev–Trinajstić information content (AvgIpc) is 2.87. The SMILES string of the molecule is Cc1cc2occ(CC(=O)O[C@H](C)C(=O)NC(=O)NC(C)(C)C)c2cc1C. The number of imide groups is 1. The summed E-state index contributed by atoms with van der Waals surface area (Å²) in [5, 5.41) is 5.60. The molecule has 0 aliphatic rings. The summed E-state index contributed by atoms with van der Waals surface area (Å²) in [4.78, 5) is 35.9. The molecule has 0 spiro atoms. The summed E-state index contributed by atoms with van der Waals surface area (Å²) in [6.45, 7) is 10.8. The molecule has 7 nitrogen and oxygen atoms in total. The Morgan fingerprint density at radius 1 is 1.15 bits per heavy atom. The van der Waals surface area contributed by atoms with E-state index in [0.29, 0.717) is 11.1 Å². The molecule has 2 aromatic rings. The highest BCUT2D eigenvalue weighted by Crippen LogP contribution is 2.25. The second kappa shape index (κ2) is 7.82. The Bertz CT molecular complexity index is 876. The molecule has 0 bridgehead atoms. The Kier molecular flexibility index (Phi) is 5.93. The van der Waals surface area contributed by atoms with Gasteiger partial charge in [-0.2, -0.15) is 0 Å². The van der Waals surface area contributed by atoms with Gasteiger partial charge in [-0.25, -0.2) is 4.79 Å². The number of ether oxygens (including phenoxy) is 1. The first kappa shape index (κ1) is 20.5. The van der Waals surface area contributed by atoms with Crippen molar-refractivity contribution in [2.75, 3.05) is 0 Å². The summed E-state index contributed by atoms with van der Waals surface area (Å²) in [6, 6.07) is 3.25. The van der Waals surface area contributed by atoms with Crippen LogP contribution in [0.4, 0.5) is 4.79 Å². The molecule has 0 saturated carbocycles. The molecule has 0 fully saturated rings. The number of aryl methyl sites for hydroxylation is 2. The van der Waals surface area contributed by atoms with Crippen LogP contribution < -0.4 is 10.6 Å². The van der Waals surface area contributed by atoms with E-state index in [2.05, 4.69) is 10.6 Å². The lowest BCUT2D eigenvalue weighted by Gasteiger charge is -2.21. The largest absolute Gasteiger partial charge is 0.464 e. The molecule has 1 aromatic heterocycles. The fourth-order valence-electron chi connectivity index (χ4n) is 2.51. The molecule has 7 heteroatoms. The number of urea groups is 1. The van der Waals surface area contributed by atoms with Gasteiger partial charge in [0.15, 0.2) is 6.10 Å². The van der Waals surface area contributed by atoms with Crippen LogP contribution in [-0.4, -0.2) is 29.6 Å². The number of rotatable bonds is 4. The number of hydrogen-bond donors (Lipinski definition) is 2. The van der Waals surface area contributed by atoms with E-state index in [1.54, 1.807) is 20.8 Å². The first-order valence-electron chi connectivity index (χ1n) is 8.76. The smallest absolute Gasteiger partial charge is 0.321 e. The zero-order valence-corrected chi connectivity index (χ0v) is 16.6. The predicted molar refractivity (Wildman–Crippen MR) is 101 cm³/mol. The lowest BCUT2D eigenvalue weighted by atomic mass is 10.0. The number of amides is 3. The van der Waals surface area contributed by atoms with Gasteiger partial charge in [0, 0.05) is 16.5 Å². The van der Waals surface area contributed by atoms with E-state index in [9.17, 15) is 14.4 Å². The van der Waals surface area contributed by atoms with Crippen LogP contribution in [0.1, 0.15) is 44.4 Å². The summed E-state index contributed by atoms with van der Waals surface area (Å²) in [6.07, 6.45) is 0.401. The molecule has 2 N–H and O–H groups in total. The molecule has 0 unspecified atom stereocenters. The molecule has 1 heterocycles. The molecule has 0 aliphatic carbocycles. The van der Waals surface area contributed by atoms with Crippen LogP contribution in [0.3, 0.4) is 0 Å². The van der Waals surface area contributed by atoms with Gasteiger partial charge < -0.3 is 14.5 Å². The van der Waals surface area contributed by atoms with Gasteiger partial charge >= 0.3 is 12.0 Å². The van der Waals surface area contributed by atoms with Gasteiger partial charge in [0.2, 0.25) is 0 Å². The van der Waals surface area contributed by atoms with E-state index in [1.165, 1.54) is 13.2 Å². The molecule has 1 atom stereocenters. The van der Waals surface area contributed by atoms with Crippen molar-refractivity contribution in [2.45, 2.75) is 59.6 Å². The standard InChI is InChI=1S/C20H26N2O5/c1-11-7-15-14(10-26-16(15)8-12(11)2)9-17(23)27-13(3)18(24)21-19(25)22-20(4,5)6/h7-8,10,13H,9H2,1-6H3,(H2,21,22,24,25)/t13-/m1/s1. The Labute approximate surface area is 158 Å². The van der Waals surface area contributed by atoms with E-state index >= 15 is 0 Å². The highest BCUT2D eigenvalue weighted by atomic mass is 16.5. The van der Waals surface area contributed by atoms with Gasteiger partial charge in [0.05, 0.1) is 12.7 Å². The third-order valence-corrected chi connectivity index (χ3v) is 4.01. The first-order valence-corrected chi connectivity index (χ1v) is 8.76. The van der Waals surface area contributed by atoms with Crippen LogP contribution in [0, 0.1) is 13.8 Å². The number of esters is 1. The van der Waals surface area contributed by atoms with E-state index in [-0.39, 0.29) is 6.42 Å². The van der Waals surface area contributed by atoms with Gasteiger partial charge in [-0.3, -0.25) is 14.9 Å². The van der Waals surface area contributed by atoms with Crippen molar-refractivity contribution in [2.24, 2.45) is 0 Å². The van der Waals surface area contributed by atoms with E-state index in [0.717, 1.165) is 16.5 Å². The fraction of sp³-hybridized carbons (Fsp3) is 0.450. The second-order valence-electron chi connectivity index (χ2n) is 7.70. The lowest BCUT2D eigenvalue weighted by Crippen LogP contribution is -2.50. The summed E-state index contributed by atoms with van der Waals surface area (Å²) in [7, 11) is 0. The highest BCUT2D eigenvalue weighted by Gasteiger charge is 2.23. The van der Waals surface area contributed by atoms with E-state index in [1.807, 2.05) is 26.0 Å². The maximum atomic E-state index is 12.2. The molecular weight excluding hydrogens is 348 g/mol. The molecule has 0 radical (unpaired) electrons. The van der Waals surface area contributed by atoms with Crippen LogP contribution in [0.5, 0.6) is 0 Å². The summed E-state index contributed by atoms with van der Waals surface area (Å²) < 4.78 is 10.6. The van der Waals surface area contributed by atoms with Gasteiger partial charge in [-0.1, -0.05) is 0 Å². The minimum atomic E-state index is -1.09. The third kappa shape index (κ3) is 5.57. The van der Waals surface area contributed by atoms with Crippen LogP contribution in [0.15, 0.2) is 22.8 Å².